The van der Waals surface area contributed by atoms with Crippen molar-refractivity contribution in [3.8, 4) is 17.0 Å². The summed E-state index contributed by atoms with van der Waals surface area (Å²) >= 11 is 7.23. The smallest absolute Gasteiger partial charge is 0.300 e. The van der Waals surface area contributed by atoms with E-state index in [0.29, 0.717) is 32.8 Å². The summed E-state index contributed by atoms with van der Waals surface area (Å²) in [5.41, 5.74) is -0.423. The van der Waals surface area contributed by atoms with E-state index in [4.69, 9.17) is 16.3 Å². The molecular weight excluding hydrogens is 374 g/mol. The molecule has 2 heterocycles. The number of ether oxygens (including phenoxy) is 1. The fraction of sp³-hybridized carbons (Fsp3) is 0.167. The quantitative estimate of drug-likeness (QED) is 0.744. The number of benzene rings is 2. The van der Waals surface area contributed by atoms with Gasteiger partial charge in [0.05, 0.1) is 12.9 Å². The zero-order valence-electron chi connectivity index (χ0n) is 13.7. The van der Waals surface area contributed by atoms with Gasteiger partial charge in [0.15, 0.2) is 16.6 Å². The van der Waals surface area contributed by atoms with Gasteiger partial charge >= 0.3 is 5.56 Å². The second kappa shape index (κ2) is 6.42. The van der Waals surface area contributed by atoms with Gasteiger partial charge in [-0.1, -0.05) is 35.5 Å². The van der Waals surface area contributed by atoms with Crippen LogP contribution in [0.5, 0.6) is 5.75 Å². The SMILES string of the molecule is COc1ccc(-c2nn3c(nc2=O)SCC3(O)c2ccc(Cl)cc2)cc1. The molecule has 1 aliphatic heterocycles. The largest absolute Gasteiger partial charge is 0.497 e. The van der Waals surface area contributed by atoms with Crippen molar-refractivity contribution in [3.63, 3.8) is 0 Å². The molecule has 132 valence electrons. The van der Waals surface area contributed by atoms with E-state index >= 15 is 0 Å². The molecule has 0 radical (unpaired) electrons. The van der Waals surface area contributed by atoms with Crippen LogP contribution in [0.3, 0.4) is 0 Å². The third-order valence-electron chi connectivity index (χ3n) is 4.20. The Labute approximate surface area is 158 Å². The highest BCUT2D eigenvalue weighted by molar-refractivity contribution is 7.99. The van der Waals surface area contributed by atoms with Crippen LogP contribution < -0.4 is 10.3 Å². The maximum absolute atomic E-state index is 12.4. The van der Waals surface area contributed by atoms with Crippen molar-refractivity contribution >= 4 is 23.4 Å². The molecule has 1 aromatic heterocycles. The molecule has 3 aromatic rings. The van der Waals surface area contributed by atoms with Crippen molar-refractivity contribution in [3.05, 3.63) is 69.5 Å². The van der Waals surface area contributed by atoms with E-state index in [1.165, 1.54) is 16.4 Å². The number of thioether (sulfide) groups is 1. The molecule has 0 saturated heterocycles. The highest BCUT2D eigenvalue weighted by Crippen LogP contribution is 2.38. The Balaban J connectivity index is 1.83. The average molecular weight is 388 g/mol. The second-order valence-electron chi connectivity index (χ2n) is 5.80. The Morgan fingerprint density at radius 1 is 1.19 bits per heavy atom. The number of nitrogens with zero attached hydrogens (tertiary/aromatic N) is 3. The lowest BCUT2D eigenvalue weighted by atomic mass is 10.1. The number of rotatable bonds is 3. The van der Waals surface area contributed by atoms with Crippen LogP contribution in [0.25, 0.3) is 11.3 Å². The maximum atomic E-state index is 12.4. The molecule has 1 aliphatic rings. The molecule has 0 aliphatic carbocycles. The van der Waals surface area contributed by atoms with E-state index in [0.717, 1.165) is 0 Å². The third-order valence-corrected chi connectivity index (χ3v) is 5.53. The highest BCUT2D eigenvalue weighted by Gasteiger charge is 2.41. The minimum Gasteiger partial charge on any atom is -0.497 e. The molecule has 0 saturated carbocycles. The van der Waals surface area contributed by atoms with Crippen LogP contribution in [-0.2, 0) is 5.72 Å². The van der Waals surface area contributed by atoms with Crippen molar-refractivity contribution in [2.45, 2.75) is 10.9 Å². The van der Waals surface area contributed by atoms with Gasteiger partial charge in [-0.25, -0.2) is 4.68 Å². The van der Waals surface area contributed by atoms with Crippen LogP contribution in [0.1, 0.15) is 5.56 Å². The molecule has 2 aromatic carbocycles. The van der Waals surface area contributed by atoms with Gasteiger partial charge in [-0.05, 0) is 36.4 Å². The summed E-state index contributed by atoms with van der Waals surface area (Å²) in [4.78, 5) is 16.5. The summed E-state index contributed by atoms with van der Waals surface area (Å²) in [7, 11) is 1.57. The van der Waals surface area contributed by atoms with Gasteiger partial charge < -0.3 is 9.84 Å². The second-order valence-corrected chi connectivity index (χ2v) is 7.18. The van der Waals surface area contributed by atoms with E-state index in [9.17, 15) is 9.90 Å². The normalized spacial score (nSPS) is 18.6. The first-order valence-corrected chi connectivity index (χ1v) is 9.15. The number of fused-ring (bicyclic) bond motifs is 1. The van der Waals surface area contributed by atoms with Gasteiger partial charge in [0.25, 0.3) is 0 Å². The van der Waals surface area contributed by atoms with E-state index < -0.39 is 11.3 Å². The molecule has 8 heteroatoms. The van der Waals surface area contributed by atoms with Crippen LogP contribution >= 0.6 is 23.4 Å². The topological polar surface area (TPSA) is 77.2 Å². The van der Waals surface area contributed by atoms with E-state index in [1.54, 1.807) is 55.6 Å². The first kappa shape index (κ1) is 17.1. The summed E-state index contributed by atoms with van der Waals surface area (Å²) in [6.07, 6.45) is 0. The molecule has 1 atom stereocenters. The number of hydrogen-bond acceptors (Lipinski definition) is 6. The fourth-order valence-corrected chi connectivity index (χ4v) is 3.99. The zero-order valence-corrected chi connectivity index (χ0v) is 15.3. The summed E-state index contributed by atoms with van der Waals surface area (Å²) < 4.78 is 6.54. The fourth-order valence-electron chi connectivity index (χ4n) is 2.79. The van der Waals surface area contributed by atoms with Gasteiger partial charge in [-0.3, -0.25) is 4.79 Å². The number of aromatic nitrogens is 3. The number of methoxy groups -OCH3 is 1. The van der Waals surface area contributed by atoms with Crippen molar-refractivity contribution in [2.24, 2.45) is 0 Å². The predicted octanol–water partition coefficient (Wildman–Crippen LogP) is 2.77. The molecule has 6 nitrogen and oxygen atoms in total. The number of halogens is 1. The van der Waals surface area contributed by atoms with Crippen molar-refractivity contribution in [1.82, 2.24) is 14.8 Å². The first-order chi connectivity index (χ1) is 12.5. The number of aliphatic hydroxyl groups is 1. The van der Waals surface area contributed by atoms with E-state index in [-0.39, 0.29) is 5.69 Å². The lowest BCUT2D eigenvalue weighted by Gasteiger charge is -2.24. The van der Waals surface area contributed by atoms with Crippen molar-refractivity contribution < 1.29 is 9.84 Å². The molecule has 4 rings (SSSR count). The summed E-state index contributed by atoms with van der Waals surface area (Å²) in [6.45, 7) is 0. The Kier molecular flexibility index (Phi) is 4.22. The highest BCUT2D eigenvalue weighted by atomic mass is 35.5. The van der Waals surface area contributed by atoms with E-state index in [1.807, 2.05) is 0 Å². The summed E-state index contributed by atoms with van der Waals surface area (Å²) in [6, 6.07) is 13.9. The standard InChI is InChI=1S/C18H14ClN3O3S/c1-25-14-8-2-11(3-9-14)15-16(23)20-17-22(21-15)18(24,10-26-17)12-4-6-13(19)7-5-12/h2-9,24H,10H2,1H3. The third kappa shape index (κ3) is 2.78. The molecule has 1 N–H and O–H groups in total. The van der Waals surface area contributed by atoms with Crippen LogP contribution in [0.2, 0.25) is 5.02 Å². The van der Waals surface area contributed by atoms with Gasteiger partial charge in [0, 0.05) is 16.1 Å². The van der Waals surface area contributed by atoms with Crippen LogP contribution in [-0.4, -0.2) is 32.7 Å². The molecule has 26 heavy (non-hydrogen) atoms. The molecule has 0 fully saturated rings. The number of hydrogen-bond donors (Lipinski definition) is 1. The lowest BCUT2D eigenvalue weighted by Crippen LogP contribution is -2.37. The van der Waals surface area contributed by atoms with Gasteiger partial charge in [0.2, 0.25) is 0 Å². The Bertz CT molecular complexity index is 1020. The Morgan fingerprint density at radius 2 is 1.88 bits per heavy atom. The lowest BCUT2D eigenvalue weighted by molar-refractivity contribution is 0.0125. The van der Waals surface area contributed by atoms with Gasteiger partial charge in [-0.15, -0.1) is 0 Å². The van der Waals surface area contributed by atoms with E-state index in [2.05, 4.69) is 10.1 Å². The molecule has 0 amide bonds. The van der Waals surface area contributed by atoms with Crippen LogP contribution in [0.15, 0.2) is 58.5 Å². The molecule has 1 unspecified atom stereocenters. The van der Waals surface area contributed by atoms with Crippen molar-refractivity contribution in [1.29, 1.82) is 0 Å². The minimum absolute atomic E-state index is 0.172. The minimum atomic E-state index is -1.40. The van der Waals surface area contributed by atoms with Gasteiger partial charge in [0.1, 0.15) is 5.75 Å². The molecule has 0 spiro atoms. The van der Waals surface area contributed by atoms with Crippen LogP contribution in [0.4, 0.5) is 0 Å². The summed E-state index contributed by atoms with van der Waals surface area (Å²) in [5.74, 6) is 0.983. The molecule has 0 bridgehead atoms. The maximum Gasteiger partial charge on any atom is 0.300 e. The Morgan fingerprint density at radius 3 is 2.54 bits per heavy atom. The Hall–Kier alpha value is -2.35. The first-order valence-electron chi connectivity index (χ1n) is 7.79. The van der Waals surface area contributed by atoms with Gasteiger partial charge in [-0.2, -0.15) is 10.1 Å². The molecular formula is C18H14ClN3O3S. The average Bonchev–Trinajstić information content (AvgIpc) is 2.98. The monoisotopic (exact) mass is 387 g/mol. The van der Waals surface area contributed by atoms with Crippen LogP contribution in [0, 0.1) is 0 Å². The summed E-state index contributed by atoms with van der Waals surface area (Å²) in [5, 5.41) is 16.6. The zero-order chi connectivity index (χ0) is 18.3. The van der Waals surface area contributed by atoms with Crippen molar-refractivity contribution in [2.75, 3.05) is 12.9 Å². The predicted molar refractivity (Wildman–Crippen MR) is 99.8 cm³/mol.